The van der Waals surface area contributed by atoms with Crippen molar-refractivity contribution in [2.75, 3.05) is 31.3 Å². The average molecular weight is 465 g/mol. The topological polar surface area (TPSA) is 73.5 Å². The second-order valence-electron chi connectivity index (χ2n) is 8.50. The van der Waals surface area contributed by atoms with Crippen LogP contribution in [-0.4, -0.2) is 37.4 Å². The first-order valence-corrected chi connectivity index (χ1v) is 11.5. The molecule has 1 aliphatic heterocycles. The number of nitrogens with zero attached hydrogens (tertiary/aromatic N) is 1. The van der Waals surface area contributed by atoms with Crippen LogP contribution in [0, 0.1) is 11.8 Å². The van der Waals surface area contributed by atoms with Crippen LogP contribution in [0.1, 0.15) is 29.2 Å². The number of benzene rings is 3. The molecular weight excluding hydrogens is 436 g/mol. The first kappa shape index (κ1) is 23.8. The lowest BCUT2D eigenvalue weighted by molar-refractivity contribution is -0.115. The highest BCUT2D eigenvalue weighted by Crippen LogP contribution is 2.38. The zero-order valence-electron chi connectivity index (χ0n) is 20.1. The van der Waals surface area contributed by atoms with Gasteiger partial charge in [-0.05, 0) is 56.4 Å². The molecule has 3 aromatic carbocycles. The minimum absolute atomic E-state index is 0.190. The van der Waals surface area contributed by atoms with Gasteiger partial charge in [-0.2, -0.15) is 0 Å². The van der Waals surface area contributed by atoms with E-state index in [2.05, 4.69) is 44.8 Å². The van der Waals surface area contributed by atoms with E-state index in [0.717, 1.165) is 29.1 Å². The van der Waals surface area contributed by atoms with Gasteiger partial charge in [0.05, 0.1) is 17.0 Å². The zero-order valence-corrected chi connectivity index (χ0v) is 20.1. The van der Waals surface area contributed by atoms with Crippen LogP contribution in [0.25, 0.3) is 11.3 Å². The molecule has 0 aliphatic carbocycles. The Bertz CT molecular complexity index is 1330. The molecule has 0 atom stereocenters. The van der Waals surface area contributed by atoms with Gasteiger partial charge in [-0.1, -0.05) is 54.5 Å². The largest absolute Gasteiger partial charge is 0.354 e. The molecule has 2 amide bonds. The summed E-state index contributed by atoms with van der Waals surface area (Å²) < 4.78 is 0. The minimum atomic E-state index is -0.329. The summed E-state index contributed by atoms with van der Waals surface area (Å²) >= 11 is 0. The van der Waals surface area contributed by atoms with Crippen LogP contribution < -0.4 is 16.0 Å². The molecule has 0 saturated carbocycles. The Hall–Kier alpha value is -4.34. The summed E-state index contributed by atoms with van der Waals surface area (Å²) in [4.78, 5) is 27.0. The van der Waals surface area contributed by atoms with Crippen LogP contribution in [0.5, 0.6) is 0 Å². The Morgan fingerprint density at radius 3 is 2.43 bits per heavy atom. The molecule has 0 radical (unpaired) electrons. The normalized spacial score (nSPS) is 13.4. The zero-order chi connectivity index (χ0) is 24.8. The van der Waals surface area contributed by atoms with Crippen molar-refractivity contribution >= 4 is 34.5 Å². The van der Waals surface area contributed by atoms with E-state index in [1.807, 2.05) is 75.6 Å². The van der Waals surface area contributed by atoms with Crippen LogP contribution in [0.4, 0.5) is 11.4 Å². The van der Waals surface area contributed by atoms with Crippen molar-refractivity contribution in [1.29, 1.82) is 0 Å². The standard InChI is InChI=1S/C29H28N4O2/c1-4-30-26(34)17-13-20-12-16-24-25(18-20)32-29(35)27(24)28(22-8-6-5-7-9-22)31-23-14-10-21(11-15-23)19-33(2)3/h5-12,14-16,18,31H,4,19H2,1-3H3,(H,30,34)(H,32,35)/b28-27+. The molecule has 3 N–H and O–H groups in total. The number of fused-ring (bicyclic) bond motifs is 1. The van der Waals surface area contributed by atoms with Gasteiger partial charge in [-0.25, -0.2) is 0 Å². The van der Waals surface area contributed by atoms with Crippen molar-refractivity contribution in [2.24, 2.45) is 0 Å². The molecule has 4 rings (SSSR count). The van der Waals surface area contributed by atoms with Crippen LogP contribution in [0.2, 0.25) is 0 Å². The van der Waals surface area contributed by atoms with E-state index in [1.165, 1.54) is 5.56 Å². The van der Waals surface area contributed by atoms with Crippen molar-refractivity contribution in [1.82, 2.24) is 10.2 Å². The number of amides is 2. The van der Waals surface area contributed by atoms with Gasteiger partial charge < -0.3 is 20.9 Å². The van der Waals surface area contributed by atoms with E-state index in [9.17, 15) is 9.59 Å². The number of rotatable bonds is 6. The molecule has 6 heteroatoms. The van der Waals surface area contributed by atoms with Gasteiger partial charge in [0, 0.05) is 35.8 Å². The molecular formula is C29H28N4O2. The number of carbonyl (C=O) groups is 2. The Kier molecular flexibility index (Phi) is 7.30. The first-order valence-electron chi connectivity index (χ1n) is 11.5. The van der Waals surface area contributed by atoms with Crippen molar-refractivity contribution in [2.45, 2.75) is 13.5 Å². The van der Waals surface area contributed by atoms with E-state index in [1.54, 1.807) is 6.07 Å². The van der Waals surface area contributed by atoms with Gasteiger partial charge in [0.1, 0.15) is 0 Å². The molecule has 0 saturated heterocycles. The van der Waals surface area contributed by atoms with E-state index in [0.29, 0.717) is 23.4 Å². The summed E-state index contributed by atoms with van der Waals surface area (Å²) in [6, 6.07) is 23.5. The Balaban J connectivity index is 1.72. The highest BCUT2D eigenvalue weighted by Gasteiger charge is 2.28. The lowest BCUT2D eigenvalue weighted by Crippen LogP contribution is -2.20. The summed E-state index contributed by atoms with van der Waals surface area (Å²) in [6.45, 7) is 3.22. The van der Waals surface area contributed by atoms with Gasteiger partial charge in [0.2, 0.25) is 0 Å². The fraction of sp³-hybridized carbons (Fsp3) is 0.172. The van der Waals surface area contributed by atoms with Gasteiger partial charge in [0.25, 0.3) is 11.8 Å². The molecule has 0 unspecified atom stereocenters. The number of hydrogen-bond donors (Lipinski definition) is 3. The summed E-state index contributed by atoms with van der Waals surface area (Å²) in [5.74, 6) is 4.91. The van der Waals surface area contributed by atoms with Crippen molar-refractivity contribution in [3.8, 4) is 11.8 Å². The van der Waals surface area contributed by atoms with Crippen LogP contribution in [0.15, 0.2) is 72.8 Å². The maximum absolute atomic E-state index is 13.2. The summed E-state index contributed by atoms with van der Waals surface area (Å²) in [6.07, 6.45) is 0. The monoisotopic (exact) mass is 464 g/mol. The highest BCUT2D eigenvalue weighted by atomic mass is 16.2. The van der Waals surface area contributed by atoms with Gasteiger partial charge in [-0.3, -0.25) is 9.59 Å². The van der Waals surface area contributed by atoms with Crippen LogP contribution in [-0.2, 0) is 16.1 Å². The minimum Gasteiger partial charge on any atom is -0.354 e. The lowest BCUT2D eigenvalue weighted by atomic mass is 9.99. The van der Waals surface area contributed by atoms with Crippen molar-refractivity contribution in [3.05, 3.63) is 95.1 Å². The predicted molar refractivity (Wildman–Crippen MR) is 141 cm³/mol. The fourth-order valence-electron chi connectivity index (χ4n) is 3.92. The van der Waals surface area contributed by atoms with E-state index in [-0.39, 0.29) is 11.8 Å². The molecule has 0 bridgehead atoms. The first-order chi connectivity index (χ1) is 16.9. The van der Waals surface area contributed by atoms with Gasteiger partial charge in [-0.15, -0.1) is 0 Å². The van der Waals surface area contributed by atoms with Gasteiger partial charge in [0.15, 0.2) is 0 Å². The molecule has 1 heterocycles. The van der Waals surface area contributed by atoms with Crippen LogP contribution in [0.3, 0.4) is 0 Å². The Morgan fingerprint density at radius 1 is 1.00 bits per heavy atom. The number of hydrogen-bond acceptors (Lipinski definition) is 4. The molecule has 176 valence electrons. The van der Waals surface area contributed by atoms with Gasteiger partial charge >= 0.3 is 0 Å². The predicted octanol–water partition coefficient (Wildman–Crippen LogP) is 4.17. The van der Waals surface area contributed by atoms with E-state index < -0.39 is 0 Å². The molecule has 0 spiro atoms. The smallest absolute Gasteiger partial charge is 0.296 e. The van der Waals surface area contributed by atoms with E-state index in [4.69, 9.17) is 0 Å². The molecule has 6 nitrogen and oxygen atoms in total. The molecule has 3 aromatic rings. The second kappa shape index (κ2) is 10.7. The highest BCUT2D eigenvalue weighted by molar-refractivity contribution is 6.37. The Labute approximate surface area is 206 Å². The summed E-state index contributed by atoms with van der Waals surface area (Å²) in [5.41, 5.74) is 6.41. The molecule has 1 aliphatic rings. The van der Waals surface area contributed by atoms with Crippen LogP contribution >= 0.6 is 0 Å². The van der Waals surface area contributed by atoms with E-state index >= 15 is 0 Å². The average Bonchev–Trinajstić information content (AvgIpc) is 3.17. The number of anilines is 2. The maximum atomic E-state index is 13.2. The third-order valence-corrected chi connectivity index (χ3v) is 5.46. The number of carbonyl (C=O) groups excluding carboxylic acids is 2. The number of nitrogens with one attached hydrogen (secondary N) is 3. The van der Waals surface area contributed by atoms with Crippen molar-refractivity contribution in [3.63, 3.8) is 0 Å². The quantitative estimate of drug-likeness (QED) is 0.378. The third kappa shape index (κ3) is 5.78. The lowest BCUT2D eigenvalue weighted by Gasteiger charge is -2.16. The summed E-state index contributed by atoms with van der Waals surface area (Å²) in [7, 11) is 4.08. The molecule has 35 heavy (non-hydrogen) atoms. The van der Waals surface area contributed by atoms with Crippen molar-refractivity contribution < 1.29 is 9.59 Å². The second-order valence-corrected chi connectivity index (χ2v) is 8.50. The third-order valence-electron chi connectivity index (χ3n) is 5.46. The molecule has 0 fully saturated rings. The SMILES string of the molecule is CCNC(=O)C#Cc1ccc2c(c1)NC(=O)/C2=C(/Nc1ccc(CN(C)C)cc1)c1ccccc1. The fourth-order valence-corrected chi connectivity index (χ4v) is 3.92. The maximum Gasteiger partial charge on any atom is 0.296 e. The Morgan fingerprint density at radius 2 is 1.74 bits per heavy atom. The summed E-state index contributed by atoms with van der Waals surface area (Å²) in [5, 5.41) is 9.09. The molecule has 0 aromatic heterocycles.